The van der Waals surface area contributed by atoms with E-state index in [-0.39, 0.29) is 12.1 Å². The first kappa shape index (κ1) is 11.8. The average Bonchev–Trinajstić information content (AvgIpc) is 2.87. The summed E-state index contributed by atoms with van der Waals surface area (Å²) in [7, 11) is 1.93. The molecule has 2 aromatic heterocycles. The van der Waals surface area contributed by atoms with Gasteiger partial charge in [0.1, 0.15) is 12.2 Å². The zero-order valence-corrected chi connectivity index (χ0v) is 10.6. The largest absolute Gasteiger partial charge is 0.301 e. The third kappa shape index (κ3) is 2.52. The highest BCUT2D eigenvalue weighted by atomic mass is 15.3. The van der Waals surface area contributed by atoms with Gasteiger partial charge in [-0.25, -0.2) is 4.98 Å². The second-order valence-corrected chi connectivity index (χ2v) is 4.32. The number of aromatic amines is 1. The zero-order chi connectivity index (χ0) is 12.4. The molecule has 0 saturated carbocycles. The van der Waals surface area contributed by atoms with Crippen LogP contribution in [0.2, 0.25) is 0 Å². The number of nitrogens with zero attached hydrogens (tertiary/aromatic N) is 4. The summed E-state index contributed by atoms with van der Waals surface area (Å²) in [4.78, 5) is 4.14. The summed E-state index contributed by atoms with van der Waals surface area (Å²) < 4.78 is 1.84. The van der Waals surface area contributed by atoms with E-state index in [2.05, 4.69) is 39.4 Å². The van der Waals surface area contributed by atoms with Gasteiger partial charge in [0.25, 0.3) is 0 Å². The van der Waals surface area contributed by atoms with Gasteiger partial charge in [0.2, 0.25) is 0 Å². The topological polar surface area (TPSA) is 71.4 Å². The lowest BCUT2D eigenvalue weighted by atomic mass is 10.1. The fourth-order valence-corrected chi connectivity index (χ4v) is 2.01. The monoisotopic (exact) mass is 234 g/mol. The molecule has 0 aliphatic carbocycles. The van der Waals surface area contributed by atoms with E-state index in [0.29, 0.717) is 0 Å². The van der Waals surface area contributed by atoms with Crippen LogP contribution in [0.1, 0.15) is 43.0 Å². The Morgan fingerprint density at radius 2 is 2.12 bits per heavy atom. The van der Waals surface area contributed by atoms with Crippen LogP contribution in [-0.2, 0) is 7.05 Å². The highest BCUT2D eigenvalue weighted by molar-refractivity contribution is 5.19. The summed E-state index contributed by atoms with van der Waals surface area (Å²) in [5.41, 5.74) is 2.26. The minimum atomic E-state index is 0.132. The van der Waals surface area contributed by atoms with Gasteiger partial charge >= 0.3 is 0 Å². The first-order valence-electron chi connectivity index (χ1n) is 5.69. The minimum absolute atomic E-state index is 0.132. The van der Waals surface area contributed by atoms with Gasteiger partial charge in [0, 0.05) is 24.8 Å². The van der Waals surface area contributed by atoms with Crippen molar-refractivity contribution in [2.75, 3.05) is 0 Å². The second-order valence-electron chi connectivity index (χ2n) is 4.32. The summed E-state index contributed by atoms with van der Waals surface area (Å²) >= 11 is 0. The van der Waals surface area contributed by atoms with E-state index >= 15 is 0 Å². The maximum Gasteiger partial charge on any atom is 0.141 e. The molecular formula is C11H18N6. The number of aryl methyl sites for hydroxylation is 2. The van der Waals surface area contributed by atoms with E-state index in [9.17, 15) is 0 Å². The lowest BCUT2D eigenvalue weighted by molar-refractivity contribution is 0.476. The Morgan fingerprint density at radius 1 is 1.35 bits per heavy atom. The second kappa shape index (κ2) is 4.67. The molecule has 2 aromatic rings. The van der Waals surface area contributed by atoms with Crippen molar-refractivity contribution in [1.82, 2.24) is 30.3 Å². The maximum absolute atomic E-state index is 4.34. The predicted molar refractivity (Wildman–Crippen MR) is 64.3 cm³/mol. The molecule has 0 aliphatic rings. The molecule has 2 N–H and O–H groups in total. The third-order valence-corrected chi connectivity index (χ3v) is 2.86. The van der Waals surface area contributed by atoms with Gasteiger partial charge < -0.3 is 5.32 Å². The first-order chi connectivity index (χ1) is 8.08. The zero-order valence-electron chi connectivity index (χ0n) is 10.6. The Kier molecular flexibility index (Phi) is 3.23. The molecule has 2 rings (SSSR count). The normalized spacial score (nSPS) is 14.8. The van der Waals surface area contributed by atoms with E-state index < -0.39 is 0 Å². The Hall–Kier alpha value is -1.69. The molecule has 0 radical (unpaired) electrons. The lowest BCUT2D eigenvalue weighted by Crippen LogP contribution is -2.23. The van der Waals surface area contributed by atoms with Crippen LogP contribution >= 0.6 is 0 Å². The van der Waals surface area contributed by atoms with Crippen LogP contribution in [0.15, 0.2) is 12.5 Å². The van der Waals surface area contributed by atoms with Crippen molar-refractivity contribution in [2.24, 2.45) is 7.05 Å². The Morgan fingerprint density at radius 3 is 2.65 bits per heavy atom. The van der Waals surface area contributed by atoms with Crippen LogP contribution in [0.25, 0.3) is 0 Å². The van der Waals surface area contributed by atoms with E-state index in [4.69, 9.17) is 0 Å². The van der Waals surface area contributed by atoms with Gasteiger partial charge in [0.05, 0.1) is 11.7 Å². The highest BCUT2D eigenvalue weighted by Gasteiger charge is 2.16. The Bertz CT molecular complexity index is 472. The van der Waals surface area contributed by atoms with Gasteiger partial charge in [-0.3, -0.25) is 9.78 Å². The van der Waals surface area contributed by atoms with Gasteiger partial charge in [-0.1, -0.05) is 0 Å². The van der Waals surface area contributed by atoms with Crippen molar-refractivity contribution < 1.29 is 0 Å². The fraction of sp³-hybridized carbons (Fsp3) is 0.545. The van der Waals surface area contributed by atoms with Gasteiger partial charge in [-0.15, -0.1) is 0 Å². The van der Waals surface area contributed by atoms with Crippen LogP contribution in [0, 0.1) is 6.92 Å². The smallest absolute Gasteiger partial charge is 0.141 e. The van der Waals surface area contributed by atoms with Crippen LogP contribution in [0.5, 0.6) is 0 Å². The number of nitrogens with one attached hydrogen (secondary N) is 2. The molecule has 0 saturated heterocycles. The summed E-state index contributed by atoms with van der Waals surface area (Å²) in [6.07, 6.45) is 3.56. The molecule has 0 amide bonds. The quantitative estimate of drug-likeness (QED) is 0.835. The van der Waals surface area contributed by atoms with Gasteiger partial charge in [-0.2, -0.15) is 10.2 Å². The standard InChI is InChI=1S/C11H18N6/c1-7(10-5-17(4)16-8(10)2)14-9(3)11-12-6-13-15-11/h5-7,9,14H,1-4H3,(H,12,13,15). The Balaban J connectivity index is 2.06. The molecule has 2 heterocycles. The number of hydrogen-bond donors (Lipinski definition) is 2. The third-order valence-electron chi connectivity index (χ3n) is 2.86. The van der Waals surface area contributed by atoms with E-state index in [0.717, 1.165) is 11.5 Å². The van der Waals surface area contributed by atoms with Crippen LogP contribution in [-0.4, -0.2) is 25.0 Å². The van der Waals surface area contributed by atoms with Crippen LogP contribution < -0.4 is 5.32 Å². The van der Waals surface area contributed by atoms with Crippen LogP contribution in [0.4, 0.5) is 0 Å². The number of aromatic nitrogens is 5. The molecule has 0 aromatic carbocycles. The summed E-state index contributed by atoms with van der Waals surface area (Å²) in [5, 5.41) is 14.5. The van der Waals surface area contributed by atoms with E-state index in [1.807, 2.05) is 24.9 Å². The SMILES string of the molecule is Cc1nn(C)cc1C(C)NC(C)c1ncn[nH]1. The molecule has 2 atom stereocenters. The summed E-state index contributed by atoms with van der Waals surface area (Å²) in [6.45, 7) is 6.20. The maximum atomic E-state index is 4.34. The predicted octanol–water partition coefficient (Wildman–Crippen LogP) is 1.26. The number of hydrogen-bond acceptors (Lipinski definition) is 4. The van der Waals surface area contributed by atoms with Crippen molar-refractivity contribution in [1.29, 1.82) is 0 Å². The molecule has 0 spiro atoms. The average molecular weight is 234 g/mol. The van der Waals surface area contributed by atoms with Crippen molar-refractivity contribution >= 4 is 0 Å². The van der Waals surface area contributed by atoms with E-state index in [1.165, 1.54) is 11.9 Å². The molecule has 6 nitrogen and oxygen atoms in total. The van der Waals surface area contributed by atoms with Crippen molar-refractivity contribution in [3.63, 3.8) is 0 Å². The van der Waals surface area contributed by atoms with Crippen molar-refractivity contribution in [3.05, 3.63) is 29.6 Å². The summed E-state index contributed by atoms with van der Waals surface area (Å²) in [6, 6.07) is 0.357. The number of H-pyrrole nitrogens is 1. The molecular weight excluding hydrogens is 216 g/mol. The lowest BCUT2D eigenvalue weighted by Gasteiger charge is -2.17. The Labute approximate surface area is 100 Å². The number of rotatable bonds is 4. The van der Waals surface area contributed by atoms with E-state index in [1.54, 1.807) is 0 Å². The summed E-state index contributed by atoms with van der Waals surface area (Å²) in [5.74, 6) is 0.846. The first-order valence-corrected chi connectivity index (χ1v) is 5.69. The van der Waals surface area contributed by atoms with Crippen molar-refractivity contribution in [3.8, 4) is 0 Å². The molecule has 0 fully saturated rings. The van der Waals surface area contributed by atoms with Crippen LogP contribution in [0.3, 0.4) is 0 Å². The molecule has 17 heavy (non-hydrogen) atoms. The molecule has 6 heteroatoms. The minimum Gasteiger partial charge on any atom is -0.301 e. The fourth-order valence-electron chi connectivity index (χ4n) is 2.01. The molecule has 92 valence electrons. The molecule has 2 unspecified atom stereocenters. The molecule has 0 aliphatic heterocycles. The van der Waals surface area contributed by atoms with Crippen molar-refractivity contribution in [2.45, 2.75) is 32.9 Å². The highest BCUT2D eigenvalue weighted by Crippen LogP contribution is 2.19. The molecule has 0 bridgehead atoms. The van der Waals surface area contributed by atoms with Gasteiger partial charge in [-0.05, 0) is 20.8 Å². The van der Waals surface area contributed by atoms with Gasteiger partial charge in [0.15, 0.2) is 0 Å².